The van der Waals surface area contributed by atoms with E-state index in [1.807, 2.05) is 11.8 Å². The first-order valence-corrected chi connectivity index (χ1v) is 7.48. The van der Waals surface area contributed by atoms with Gasteiger partial charge in [0.15, 0.2) is 0 Å². The fourth-order valence-corrected chi connectivity index (χ4v) is 3.49. The molecular weight excluding hydrogens is 274 g/mol. The largest absolute Gasteiger partial charge is 0.478 e. The van der Waals surface area contributed by atoms with Crippen molar-refractivity contribution >= 4 is 17.7 Å². The normalized spacial score (nSPS) is 17.7. The third kappa shape index (κ3) is 2.73. The van der Waals surface area contributed by atoms with Crippen molar-refractivity contribution in [2.45, 2.75) is 23.9 Å². The van der Waals surface area contributed by atoms with Crippen LogP contribution in [0.15, 0.2) is 45.9 Å². The first kappa shape index (κ1) is 13.3. The lowest BCUT2D eigenvalue weighted by Crippen LogP contribution is -2.24. The molecule has 4 nitrogen and oxygen atoms in total. The van der Waals surface area contributed by atoms with E-state index in [4.69, 9.17) is 9.52 Å². The van der Waals surface area contributed by atoms with Gasteiger partial charge in [-0.1, -0.05) is 18.2 Å². The maximum absolute atomic E-state index is 10.8. The summed E-state index contributed by atoms with van der Waals surface area (Å²) in [5.74, 6) is 0.783. The van der Waals surface area contributed by atoms with E-state index in [0.29, 0.717) is 18.3 Å². The molecule has 1 aromatic carbocycles. The van der Waals surface area contributed by atoms with Gasteiger partial charge in [-0.05, 0) is 29.9 Å². The first-order chi connectivity index (χ1) is 9.74. The Morgan fingerprint density at radius 1 is 1.45 bits per heavy atom. The van der Waals surface area contributed by atoms with E-state index in [2.05, 4.69) is 29.6 Å². The van der Waals surface area contributed by atoms with Crippen molar-refractivity contribution in [2.75, 3.05) is 5.75 Å². The van der Waals surface area contributed by atoms with Gasteiger partial charge in [0.2, 0.25) is 0 Å². The van der Waals surface area contributed by atoms with Crippen LogP contribution in [0.2, 0.25) is 0 Å². The minimum atomic E-state index is -0.959. The molecule has 0 spiro atoms. The number of aromatic carboxylic acids is 1. The number of fused-ring (bicyclic) bond motifs is 1. The molecule has 5 heteroatoms. The third-order valence-corrected chi connectivity index (χ3v) is 4.50. The van der Waals surface area contributed by atoms with Crippen molar-refractivity contribution in [3.63, 3.8) is 0 Å². The Hall–Kier alpha value is -1.72. The van der Waals surface area contributed by atoms with Gasteiger partial charge in [0.05, 0.1) is 12.1 Å². The number of nitrogens with one attached hydrogen (secondary N) is 1. The summed E-state index contributed by atoms with van der Waals surface area (Å²) in [7, 11) is 0. The lowest BCUT2D eigenvalue weighted by molar-refractivity contribution is 0.0696. The van der Waals surface area contributed by atoms with E-state index < -0.39 is 5.97 Å². The molecule has 1 unspecified atom stereocenters. The Bertz CT molecular complexity index is 623. The highest BCUT2D eigenvalue weighted by Gasteiger charge is 2.20. The summed E-state index contributed by atoms with van der Waals surface area (Å²) >= 11 is 1.88. The molecule has 0 bridgehead atoms. The molecule has 1 aliphatic rings. The monoisotopic (exact) mass is 289 g/mol. The van der Waals surface area contributed by atoms with Crippen molar-refractivity contribution in [2.24, 2.45) is 0 Å². The van der Waals surface area contributed by atoms with Crippen LogP contribution in [0.25, 0.3) is 0 Å². The minimum absolute atomic E-state index is 0.196. The zero-order chi connectivity index (χ0) is 13.9. The van der Waals surface area contributed by atoms with E-state index in [1.54, 1.807) is 6.07 Å². The average molecular weight is 289 g/mol. The topological polar surface area (TPSA) is 62.5 Å². The van der Waals surface area contributed by atoms with Crippen molar-refractivity contribution in [3.05, 3.63) is 53.5 Å². The second kappa shape index (κ2) is 5.73. The smallest absolute Gasteiger partial charge is 0.338 e. The van der Waals surface area contributed by atoms with E-state index in [0.717, 1.165) is 12.2 Å². The highest BCUT2D eigenvalue weighted by molar-refractivity contribution is 7.99. The second-order valence-electron chi connectivity index (χ2n) is 4.72. The first-order valence-electron chi connectivity index (χ1n) is 6.50. The number of thioether (sulfide) groups is 1. The zero-order valence-corrected chi connectivity index (χ0v) is 11.7. The highest BCUT2D eigenvalue weighted by atomic mass is 32.2. The van der Waals surface area contributed by atoms with Gasteiger partial charge in [-0.3, -0.25) is 0 Å². The van der Waals surface area contributed by atoms with Crippen LogP contribution >= 0.6 is 11.8 Å². The molecule has 2 N–H and O–H groups in total. The number of hydrogen-bond donors (Lipinski definition) is 2. The molecule has 0 aliphatic carbocycles. The number of hydrogen-bond acceptors (Lipinski definition) is 4. The number of carboxylic acids is 1. The number of furan rings is 1. The van der Waals surface area contributed by atoms with Crippen LogP contribution < -0.4 is 5.32 Å². The number of benzene rings is 1. The Labute approximate surface area is 121 Å². The molecule has 0 fully saturated rings. The van der Waals surface area contributed by atoms with Crippen molar-refractivity contribution in [3.8, 4) is 0 Å². The molecule has 1 aliphatic heterocycles. The molecular formula is C15H15NO3S. The SMILES string of the molecule is O=C(O)c1coc(CNC2CCSc3ccccc32)c1. The van der Waals surface area contributed by atoms with Crippen LogP contribution in [-0.2, 0) is 6.54 Å². The van der Waals surface area contributed by atoms with Gasteiger partial charge in [0.1, 0.15) is 12.0 Å². The number of carbonyl (C=O) groups is 1. The van der Waals surface area contributed by atoms with E-state index in [9.17, 15) is 4.79 Å². The summed E-state index contributed by atoms with van der Waals surface area (Å²) in [5, 5.41) is 12.3. The summed E-state index contributed by atoms with van der Waals surface area (Å²) in [6.45, 7) is 0.539. The van der Waals surface area contributed by atoms with Crippen molar-refractivity contribution in [1.82, 2.24) is 5.32 Å². The van der Waals surface area contributed by atoms with Crippen LogP contribution in [0.4, 0.5) is 0 Å². The predicted octanol–water partition coefficient (Wildman–Crippen LogP) is 3.30. The Morgan fingerprint density at radius 2 is 2.30 bits per heavy atom. The molecule has 2 aromatic rings. The van der Waals surface area contributed by atoms with Gasteiger partial charge < -0.3 is 14.8 Å². The van der Waals surface area contributed by atoms with Gasteiger partial charge in [0, 0.05) is 10.9 Å². The molecule has 0 radical (unpaired) electrons. The van der Waals surface area contributed by atoms with Crippen LogP contribution in [0.1, 0.15) is 34.1 Å². The number of rotatable bonds is 4. The molecule has 1 atom stereocenters. The maximum atomic E-state index is 10.8. The van der Waals surface area contributed by atoms with Crippen LogP contribution in [0.3, 0.4) is 0 Å². The minimum Gasteiger partial charge on any atom is -0.478 e. The summed E-state index contributed by atoms with van der Waals surface area (Å²) in [6, 6.07) is 10.3. The van der Waals surface area contributed by atoms with E-state index in [1.165, 1.54) is 16.7 Å². The lowest BCUT2D eigenvalue weighted by Gasteiger charge is -2.25. The Balaban J connectivity index is 1.68. The number of carboxylic acid groups (broad SMARTS) is 1. The van der Waals surface area contributed by atoms with Crippen LogP contribution in [0.5, 0.6) is 0 Å². The maximum Gasteiger partial charge on any atom is 0.338 e. The molecule has 0 saturated heterocycles. The predicted molar refractivity (Wildman–Crippen MR) is 77.0 cm³/mol. The molecule has 3 rings (SSSR count). The summed E-state index contributed by atoms with van der Waals surface area (Å²) in [4.78, 5) is 12.1. The van der Waals surface area contributed by atoms with E-state index >= 15 is 0 Å². The van der Waals surface area contributed by atoms with Gasteiger partial charge in [-0.2, -0.15) is 0 Å². The molecule has 0 saturated carbocycles. The second-order valence-corrected chi connectivity index (χ2v) is 5.85. The molecule has 0 amide bonds. The van der Waals surface area contributed by atoms with Gasteiger partial charge in [0.25, 0.3) is 0 Å². The standard InChI is InChI=1S/C15H15NO3S/c17-15(18)10-7-11(19-9-10)8-16-13-5-6-20-14-4-2-1-3-12(13)14/h1-4,7,9,13,16H,5-6,8H2,(H,17,18). The average Bonchev–Trinajstić information content (AvgIpc) is 2.94. The molecule has 1 aromatic heterocycles. The fraction of sp³-hybridized carbons (Fsp3) is 0.267. The fourth-order valence-electron chi connectivity index (χ4n) is 2.36. The summed E-state index contributed by atoms with van der Waals surface area (Å²) in [5.41, 5.74) is 1.51. The Morgan fingerprint density at radius 3 is 3.10 bits per heavy atom. The molecule has 20 heavy (non-hydrogen) atoms. The van der Waals surface area contributed by atoms with Crippen LogP contribution in [0, 0.1) is 0 Å². The van der Waals surface area contributed by atoms with Gasteiger partial charge >= 0.3 is 5.97 Å². The van der Waals surface area contributed by atoms with Crippen LogP contribution in [-0.4, -0.2) is 16.8 Å². The Kier molecular flexibility index (Phi) is 3.80. The zero-order valence-electron chi connectivity index (χ0n) is 10.8. The quantitative estimate of drug-likeness (QED) is 0.904. The van der Waals surface area contributed by atoms with Gasteiger partial charge in [-0.15, -0.1) is 11.8 Å². The van der Waals surface area contributed by atoms with Crippen molar-refractivity contribution < 1.29 is 14.3 Å². The summed E-state index contributed by atoms with van der Waals surface area (Å²) < 4.78 is 5.26. The lowest BCUT2D eigenvalue weighted by atomic mass is 10.0. The highest BCUT2D eigenvalue weighted by Crippen LogP contribution is 2.35. The van der Waals surface area contributed by atoms with E-state index in [-0.39, 0.29) is 5.56 Å². The third-order valence-electron chi connectivity index (χ3n) is 3.38. The van der Waals surface area contributed by atoms with Crippen molar-refractivity contribution in [1.29, 1.82) is 0 Å². The summed E-state index contributed by atoms with van der Waals surface area (Å²) in [6.07, 6.45) is 2.35. The molecule has 2 heterocycles. The molecule has 104 valence electrons. The van der Waals surface area contributed by atoms with Gasteiger partial charge in [-0.25, -0.2) is 4.79 Å².